The lowest BCUT2D eigenvalue weighted by Gasteiger charge is -2.14. The Hall–Kier alpha value is -3.09. The summed E-state index contributed by atoms with van der Waals surface area (Å²) < 4.78 is 5.68. The summed E-state index contributed by atoms with van der Waals surface area (Å²) in [5.74, 6) is -0.457. The Labute approximate surface area is 130 Å². The van der Waals surface area contributed by atoms with Crippen molar-refractivity contribution in [3.8, 4) is 23.2 Å². The van der Waals surface area contributed by atoms with Gasteiger partial charge in [-0.2, -0.15) is 4.98 Å². The number of pyridine rings is 1. The summed E-state index contributed by atoms with van der Waals surface area (Å²) >= 11 is 0. The minimum Gasteiger partial charge on any atom is -0.493 e. The number of hydrogen-bond acceptors (Lipinski definition) is 6. The van der Waals surface area contributed by atoms with Crippen molar-refractivity contribution in [1.29, 1.82) is 0 Å². The van der Waals surface area contributed by atoms with Crippen LogP contribution in [0, 0.1) is 0 Å². The number of nitrogens with zero attached hydrogens (tertiary/aromatic N) is 2. The summed E-state index contributed by atoms with van der Waals surface area (Å²) in [5, 5.41) is 21.8. The van der Waals surface area contributed by atoms with Crippen molar-refractivity contribution in [2.45, 2.75) is 19.3 Å². The van der Waals surface area contributed by atoms with E-state index in [2.05, 4.69) is 15.3 Å². The maximum Gasteiger partial charge on any atom is 0.234 e. The van der Waals surface area contributed by atoms with Crippen LogP contribution in [0.2, 0.25) is 0 Å². The zero-order valence-corrected chi connectivity index (χ0v) is 12.4. The van der Waals surface area contributed by atoms with Crippen molar-refractivity contribution >= 4 is 22.7 Å². The van der Waals surface area contributed by atoms with Crippen LogP contribution in [-0.4, -0.2) is 26.1 Å². The molecule has 0 radical (unpaired) electrons. The normalized spacial score (nSPS) is 15.7. The highest BCUT2D eigenvalue weighted by Gasteiger charge is 2.39. The number of aromatic nitrogens is 2. The monoisotopic (exact) mass is 311 g/mol. The number of hydrogen-bond donors (Lipinski definition) is 3. The number of carbonyl (C=O) groups is 1. The lowest BCUT2D eigenvalue weighted by molar-refractivity contribution is -0.119. The summed E-state index contributed by atoms with van der Waals surface area (Å²) in [6.07, 6.45) is 0. The lowest BCUT2D eigenvalue weighted by atomic mass is 9.86. The fourth-order valence-electron chi connectivity index (χ4n) is 2.74. The van der Waals surface area contributed by atoms with Crippen molar-refractivity contribution in [2.75, 3.05) is 5.32 Å². The molecule has 0 spiro atoms. The van der Waals surface area contributed by atoms with Crippen LogP contribution in [0.4, 0.5) is 5.69 Å². The largest absolute Gasteiger partial charge is 0.493 e. The van der Waals surface area contributed by atoms with Gasteiger partial charge in [-0.3, -0.25) is 4.79 Å². The molecule has 0 fully saturated rings. The van der Waals surface area contributed by atoms with Crippen LogP contribution in [0.15, 0.2) is 28.7 Å². The molecule has 0 saturated carbocycles. The molecule has 0 bridgehead atoms. The molecule has 23 heavy (non-hydrogen) atoms. The van der Waals surface area contributed by atoms with E-state index in [0.717, 1.165) is 5.56 Å². The highest BCUT2D eigenvalue weighted by molar-refractivity contribution is 6.07. The first kappa shape index (κ1) is 13.6. The van der Waals surface area contributed by atoms with Gasteiger partial charge in [0.05, 0.1) is 5.41 Å². The fourth-order valence-corrected chi connectivity index (χ4v) is 2.74. The highest BCUT2D eigenvalue weighted by Crippen LogP contribution is 2.40. The molecule has 1 amide bonds. The Morgan fingerprint density at radius 1 is 1.09 bits per heavy atom. The maximum absolute atomic E-state index is 12.0. The Morgan fingerprint density at radius 3 is 2.48 bits per heavy atom. The van der Waals surface area contributed by atoms with Gasteiger partial charge in [0.15, 0.2) is 5.58 Å². The molecule has 1 aliphatic rings. The number of nitrogens with one attached hydrogen (secondary N) is 1. The predicted octanol–water partition coefficient (Wildman–Crippen LogP) is 2.53. The van der Waals surface area contributed by atoms with Crippen LogP contribution in [0.25, 0.3) is 22.6 Å². The first-order valence-corrected chi connectivity index (χ1v) is 7.01. The molecule has 2 aromatic heterocycles. The Balaban J connectivity index is 1.89. The Bertz CT molecular complexity index is 955. The molecule has 4 rings (SSSR count). The molecule has 3 aromatic rings. The number of rotatable bonds is 1. The van der Waals surface area contributed by atoms with Gasteiger partial charge in [0.2, 0.25) is 23.6 Å². The molecule has 1 aliphatic heterocycles. The Morgan fingerprint density at radius 2 is 1.78 bits per heavy atom. The SMILES string of the molecule is CC1(C)C(=O)Nc2cc3oc(-c4cc(O)nc(O)c4)nc3cc21. The number of carbonyl (C=O) groups excluding carboxylic acids is 1. The molecule has 1 aromatic carbocycles. The van der Waals surface area contributed by atoms with Crippen LogP contribution in [0.3, 0.4) is 0 Å². The smallest absolute Gasteiger partial charge is 0.234 e. The third kappa shape index (κ3) is 1.93. The summed E-state index contributed by atoms with van der Waals surface area (Å²) in [5.41, 5.74) is 2.45. The third-order valence-corrected chi connectivity index (χ3v) is 4.06. The first-order valence-electron chi connectivity index (χ1n) is 7.01. The van der Waals surface area contributed by atoms with E-state index in [1.54, 1.807) is 6.07 Å². The zero-order chi connectivity index (χ0) is 16.4. The van der Waals surface area contributed by atoms with Crippen LogP contribution >= 0.6 is 0 Å². The average molecular weight is 311 g/mol. The number of anilines is 1. The fraction of sp³-hybridized carbons (Fsp3) is 0.188. The number of benzene rings is 1. The summed E-state index contributed by atoms with van der Waals surface area (Å²) in [6, 6.07) is 6.25. The van der Waals surface area contributed by atoms with Gasteiger partial charge < -0.3 is 19.9 Å². The maximum atomic E-state index is 12.0. The number of oxazole rings is 1. The molecule has 0 aliphatic carbocycles. The average Bonchev–Trinajstić information content (AvgIpc) is 2.96. The molecule has 7 heteroatoms. The van der Waals surface area contributed by atoms with Gasteiger partial charge in [-0.1, -0.05) is 0 Å². The number of amides is 1. The van der Waals surface area contributed by atoms with Crippen molar-refractivity contribution in [2.24, 2.45) is 0 Å². The van der Waals surface area contributed by atoms with Crippen LogP contribution in [0.1, 0.15) is 19.4 Å². The van der Waals surface area contributed by atoms with Gasteiger partial charge in [0, 0.05) is 29.4 Å². The van der Waals surface area contributed by atoms with Crippen molar-refractivity contribution in [3.63, 3.8) is 0 Å². The lowest BCUT2D eigenvalue weighted by Crippen LogP contribution is -2.26. The quantitative estimate of drug-likeness (QED) is 0.637. The molecule has 3 N–H and O–H groups in total. The molecular weight excluding hydrogens is 298 g/mol. The second-order valence-corrected chi connectivity index (χ2v) is 6.04. The van der Waals surface area contributed by atoms with Crippen molar-refractivity contribution in [1.82, 2.24) is 9.97 Å². The molecule has 0 atom stereocenters. The van der Waals surface area contributed by atoms with Crippen LogP contribution < -0.4 is 5.32 Å². The number of fused-ring (bicyclic) bond motifs is 2. The second-order valence-electron chi connectivity index (χ2n) is 6.04. The molecule has 3 heterocycles. The van der Waals surface area contributed by atoms with Gasteiger partial charge in [-0.15, -0.1) is 0 Å². The van der Waals surface area contributed by atoms with E-state index in [4.69, 9.17) is 4.42 Å². The summed E-state index contributed by atoms with van der Waals surface area (Å²) in [7, 11) is 0. The molecular formula is C16H13N3O4. The van der Waals surface area contributed by atoms with E-state index in [1.165, 1.54) is 12.1 Å². The minimum absolute atomic E-state index is 0.0654. The van der Waals surface area contributed by atoms with E-state index in [1.807, 2.05) is 19.9 Å². The van der Waals surface area contributed by atoms with E-state index in [-0.39, 0.29) is 23.6 Å². The minimum atomic E-state index is -0.629. The molecule has 0 unspecified atom stereocenters. The Kier molecular flexibility index (Phi) is 2.49. The first-order chi connectivity index (χ1) is 10.8. The van der Waals surface area contributed by atoms with Gasteiger partial charge in [-0.25, -0.2) is 4.98 Å². The number of aromatic hydroxyl groups is 2. The van der Waals surface area contributed by atoms with Crippen molar-refractivity contribution < 1.29 is 19.4 Å². The summed E-state index contributed by atoms with van der Waals surface area (Å²) in [6.45, 7) is 3.69. The topological polar surface area (TPSA) is 108 Å². The van der Waals surface area contributed by atoms with Gasteiger partial charge >= 0.3 is 0 Å². The van der Waals surface area contributed by atoms with E-state index >= 15 is 0 Å². The summed E-state index contributed by atoms with van der Waals surface area (Å²) in [4.78, 5) is 19.9. The predicted molar refractivity (Wildman–Crippen MR) is 82.2 cm³/mol. The van der Waals surface area contributed by atoms with Crippen molar-refractivity contribution in [3.05, 3.63) is 29.8 Å². The van der Waals surface area contributed by atoms with Gasteiger partial charge in [0.25, 0.3) is 0 Å². The van der Waals surface area contributed by atoms with E-state index in [0.29, 0.717) is 22.4 Å². The van der Waals surface area contributed by atoms with Gasteiger partial charge in [0.1, 0.15) is 5.52 Å². The molecule has 0 saturated heterocycles. The van der Waals surface area contributed by atoms with Crippen LogP contribution in [0.5, 0.6) is 11.8 Å². The second kappa shape index (κ2) is 4.22. The zero-order valence-electron chi connectivity index (χ0n) is 12.4. The van der Waals surface area contributed by atoms with Gasteiger partial charge in [-0.05, 0) is 25.5 Å². The third-order valence-electron chi connectivity index (χ3n) is 4.06. The molecule has 116 valence electrons. The molecule has 7 nitrogen and oxygen atoms in total. The standard InChI is InChI=1S/C16H13N3O4/c1-16(2)8-5-10-11(6-9(8)18-15(16)22)23-14(17-10)7-3-12(20)19-13(21)4-7/h3-6H,1-2H3,(H,18,22)(H2,19,20,21). The highest BCUT2D eigenvalue weighted by atomic mass is 16.3. The van der Waals surface area contributed by atoms with E-state index < -0.39 is 5.41 Å². The van der Waals surface area contributed by atoms with E-state index in [9.17, 15) is 15.0 Å². The van der Waals surface area contributed by atoms with Crippen LogP contribution in [-0.2, 0) is 10.2 Å².